The average Bonchev–Trinajstić information content (AvgIpc) is 2.76. The number of nitrogens with one attached hydrogen (secondary N) is 1. The molecule has 1 aromatic heterocycles. The zero-order chi connectivity index (χ0) is 25.2. The third-order valence-corrected chi connectivity index (χ3v) is 5.57. The van der Waals surface area contributed by atoms with Crippen LogP contribution in [0.4, 0.5) is 18.9 Å². The van der Waals surface area contributed by atoms with E-state index in [4.69, 9.17) is 11.6 Å². The Hall–Kier alpha value is -3.60. The number of H-pyrrole nitrogens is 1. The molecule has 2 aromatic carbocycles. The molecule has 180 valence electrons. The van der Waals surface area contributed by atoms with Gasteiger partial charge in [-0.1, -0.05) is 29.8 Å². The molecule has 0 spiro atoms. The van der Waals surface area contributed by atoms with Gasteiger partial charge in [0.1, 0.15) is 0 Å². The van der Waals surface area contributed by atoms with Crippen LogP contribution in [0.2, 0.25) is 5.02 Å². The van der Waals surface area contributed by atoms with Crippen molar-refractivity contribution in [1.29, 1.82) is 0 Å². The van der Waals surface area contributed by atoms with Crippen molar-refractivity contribution in [2.75, 3.05) is 0 Å². The number of benzene rings is 2. The van der Waals surface area contributed by atoms with Gasteiger partial charge in [-0.2, -0.15) is 13.2 Å². The van der Waals surface area contributed by atoms with E-state index in [0.717, 1.165) is 27.3 Å². The van der Waals surface area contributed by atoms with E-state index in [0.29, 0.717) is 10.6 Å². The van der Waals surface area contributed by atoms with Crippen molar-refractivity contribution in [3.63, 3.8) is 0 Å². The summed E-state index contributed by atoms with van der Waals surface area (Å²) in [6.07, 6.45) is -4.61. The van der Waals surface area contributed by atoms with E-state index in [1.54, 1.807) is 24.3 Å². The quantitative estimate of drug-likeness (QED) is 0.543. The highest BCUT2D eigenvalue weighted by molar-refractivity contribution is 6.30. The van der Waals surface area contributed by atoms with Gasteiger partial charge in [0.05, 0.1) is 29.8 Å². The minimum atomic E-state index is -4.61. The molecule has 0 bridgehead atoms. The molecule has 3 rings (SSSR count). The topological polar surface area (TPSA) is 109 Å². The van der Waals surface area contributed by atoms with E-state index in [1.165, 1.54) is 19.9 Å². The molecule has 34 heavy (non-hydrogen) atoms. The van der Waals surface area contributed by atoms with E-state index in [-0.39, 0.29) is 17.9 Å². The number of carboxylic acid groups (broad SMARTS) is 1. The molecule has 0 aliphatic carbocycles. The van der Waals surface area contributed by atoms with Gasteiger partial charge in [-0.15, -0.1) is 0 Å². The number of aromatic amines is 1. The van der Waals surface area contributed by atoms with Crippen molar-refractivity contribution in [1.82, 2.24) is 14.1 Å². The first-order chi connectivity index (χ1) is 15.9. The van der Waals surface area contributed by atoms with Crippen molar-refractivity contribution in [2.45, 2.75) is 32.6 Å². The summed E-state index contributed by atoms with van der Waals surface area (Å²) in [5.74, 6) is -2.28. The van der Waals surface area contributed by atoms with Crippen LogP contribution in [0.15, 0.2) is 63.1 Å². The van der Waals surface area contributed by atoms with Gasteiger partial charge in [-0.3, -0.25) is 14.3 Å². The Morgan fingerprint density at radius 3 is 2.38 bits per heavy atom. The molecule has 0 saturated heterocycles. The summed E-state index contributed by atoms with van der Waals surface area (Å²) in [7, 11) is 0. The molecular weight excluding hydrogens is 477 g/mol. The van der Waals surface area contributed by atoms with E-state index >= 15 is 0 Å². The summed E-state index contributed by atoms with van der Waals surface area (Å²) >= 11 is 5.90. The third-order valence-electron chi connectivity index (χ3n) is 5.31. The number of rotatable bonds is 6. The molecule has 0 aliphatic rings. The number of aliphatic carboxylic acids is 1. The van der Waals surface area contributed by atoms with Crippen molar-refractivity contribution < 1.29 is 23.1 Å². The molecule has 2 N–H and O–H groups in total. The second kappa shape index (κ2) is 9.72. The standard InChI is InChI=1S/C22H20ClF3N4O4/c1-12(18(31)32)13(2)30-20(33)28-19(27-17-5-3-4-15(10-17)22(24,25)26)29(21(30)34)11-14-6-8-16(23)9-7-14/h3-10,12-13H,11H2,1-2H3,(H,31,32)(H,27,28,33)/t12-,13+/m0/s1. The van der Waals surface area contributed by atoms with Crippen molar-refractivity contribution >= 4 is 23.3 Å². The molecule has 0 fully saturated rings. The molecule has 0 radical (unpaired) electrons. The van der Waals surface area contributed by atoms with Crippen LogP contribution < -0.4 is 17.0 Å². The van der Waals surface area contributed by atoms with Crippen molar-refractivity contribution in [2.24, 2.45) is 10.9 Å². The molecule has 0 unspecified atom stereocenters. The Balaban J connectivity index is 2.26. The maximum absolute atomic E-state index is 13.3. The lowest BCUT2D eigenvalue weighted by Gasteiger charge is -2.19. The van der Waals surface area contributed by atoms with Gasteiger partial charge >= 0.3 is 23.5 Å². The minimum absolute atomic E-state index is 0.112. The van der Waals surface area contributed by atoms with Crippen LogP contribution in [0.5, 0.6) is 0 Å². The largest absolute Gasteiger partial charge is 0.481 e. The number of nitrogens with zero attached hydrogens (tertiary/aromatic N) is 3. The van der Waals surface area contributed by atoms with E-state index in [9.17, 15) is 32.7 Å². The number of hydrogen-bond acceptors (Lipinski definition) is 4. The van der Waals surface area contributed by atoms with Crippen LogP contribution in [-0.2, 0) is 17.5 Å². The Morgan fingerprint density at radius 2 is 1.79 bits per heavy atom. The first-order valence-electron chi connectivity index (χ1n) is 10.0. The van der Waals surface area contributed by atoms with Gasteiger partial charge in [0, 0.05) is 5.02 Å². The number of hydrogen-bond donors (Lipinski definition) is 2. The second-order valence-corrected chi connectivity index (χ2v) is 8.08. The van der Waals surface area contributed by atoms with Gasteiger partial charge in [0.15, 0.2) is 0 Å². The number of alkyl halides is 3. The molecule has 8 nitrogen and oxygen atoms in total. The number of carbonyl (C=O) groups is 1. The average molecular weight is 497 g/mol. The van der Waals surface area contributed by atoms with Gasteiger partial charge in [-0.05, 0) is 49.7 Å². The summed E-state index contributed by atoms with van der Waals surface area (Å²) in [4.78, 5) is 43.9. The van der Waals surface area contributed by atoms with E-state index < -0.39 is 41.0 Å². The van der Waals surface area contributed by atoms with Crippen LogP contribution >= 0.6 is 11.6 Å². The second-order valence-electron chi connectivity index (χ2n) is 7.65. The minimum Gasteiger partial charge on any atom is -0.481 e. The Labute approximate surface area is 195 Å². The fourth-order valence-corrected chi connectivity index (χ4v) is 3.32. The molecule has 1 heterocycles. The smallest absolute Gasteiger partial charge is 0.416 e. The SMILES string of the molecule is C[C@H](C(=O)O)[C@@H](C)n1c(=O)[nH]/c(=N\c2cccc(C(F)(F)F)c2)n(Cc2ccc(Cl)cc2)c1=O. The molecule has 0 amide bonds. The Kier molecular flexibility index (Phi) is 7.15. The molecule has 2 atom stereocenters. The van der Waals surface area contributed by atoms with Crippen LogP contribution in [0, 0.1) is 5.92 Å². The zero-order valence-electron chi connectivity index (χ0n) is 18.0. The normalized spacial score (nSPS) is 14.1. The number of halogens is 4. The van der Waals surface area contributed by atoms with E-state index in [2.05, 4.69) is 9.98 Å². The maximum atomic E-state index is 13.3. The zero-order valence-corrected chi connectivity index (χ0v) is 18.8. The summed E-state index contributed by atoms with van der Waals surface area (Å²) in [6, 6.07) is 9.50. The first-order valence-corrected chi connectivity index (χ1v) is 10.4. The number of aromatic nitrogens is 3. The first kappa shape index (κ1) is 25.0. The molecule has 0 saturated carbocycles. The Morgan fingerprint density at radius 1 is 1.15 bits per heavy atom. The van der Waals surface area contributed by atoms with Crippen LogP contribution in [0.25, 0.3) is 0 Å². The number of carboxylic acids is 1. The van der Waals surface area contributed by atoms with Gasteiger partial charge in [0.2, 0.25) is 5.62 Å². The highest BCUT2D eigenvalue weighted by atomic mass is 35.5. The van der Waals surface area contributed by atoms with Crippen LogP contribution in [0.3, 0.4) is 0 Å². The lowest BCUT2D eigenvalue weighted by molar-refractivity contribution is -0.142. The highest BCUT2D eigenvalue weighted by Crippen LogP contribution is 2.31. The highest BCUT2D eigenvalue weighted by Gasteiger charge is 2.30. The third kappa shape index (κ3) is 5.48. The lowest BCUT2D eigenvalue weighted by Crippen LogP contribution is -2.52. The van der Waals surface area contributed by atoms with Crippen molar-refractivity contribution in [3.8, 4) is 0 Å². The summed E-state index contributed by atoms with van der Waals surface area (Å²) in [6.45, 7) is 2.65. The Bertz CT molecular complexity index is 1390. The predicted molar refractivity (Wildman–Crippen MR) is 118 cm³/mol. The lowest BCUT2D eigenvalue weighted by atomic mass is 10.0. The molecule has 3 aromatic rings. The summed E-state index contributed by atoms with van der Waals surface area (Å²) in [5.41, 5.74) is -2.61. The maximum Gasteiger partial charge on any atom is 0.416 e. The van der Waals surface area contributed by atoms with E-state index in [1.807, 2.05) is 0 Å². The monoisotopic (exact) mass is 496 g/mol. The summed E-state index contributed by atoms with van der Waals surface area (Å²) < 4.78 is 41.1. The molecule has 12 heteroatoms. The predicted octanol–water partition coefficient (Wildman–Crippen LogP) is 3.57. The fraction of sp³-hybridized carbons (Fsp3) is 0.273. The van der Waals surface area contributed by atoms with Gasteiger partial charge in [-0.25, -0.2) is 19.1 Å². The molecular formula is C22H20ClF3N4O4. The summed E-state index contributed by atoms with van der Waals surface area (Å²) in [5, 5.41) is 9.76. The molecule has 0 aliphatic heterocycles. The van der Waals surface area contributed by atoms with Gasteiger partial charge in [0.25, 0.3) is 0 Å². The van der Waals surface area contributed by atoms with Crippen LogP contribution in [-0.4, -0.2) is 25.2 Å². The van der Waals surface area contributed by atoms with Crippen molar-refractivity contribution in [3.05, 3.63) is 91.3 Å². The van der Waals surface area contributed by atoms with Crippen LogP contribution in [0.1, 0.15) is 31.0 Å². The fourth-order valence-electron chi connectivity index (χ4n) is 3.20. The van der Waals surface area contributed by atoms with Gasteiger partial charge < -0.3 is 5.11 Å².